The number of aliphatic carboxylic acids is 1. The van der Waals surface area contributed by atoms with Crippen molar-refractivity contribution in [1.82, 2.24) is 10.2 Å². The number of halogens is 1. The summed E-state index contributed by atoms with van der Waals surface area (Å²) in [5.74, 6) is -2.19. The largest absolute Gasteiger partial charge is 0.480 e. The average molecular weight is 341 g/mol. The molecule has 23 heavy (non-hydrogen) atoms. The number of nitrogens with one attached hydrogen (secondary N) is 1. The van der Waals surface area contributed by atoms with Gasteiger partial charge in [-0.1, -0.05) is 23.7 Å². The van der Waals surface area contributed by atoms with E-state index in [2.05, 4.69) is 5.32 Å². The molecule has 1 aromatic carbocycles. The van der Waals surface area contributed by atoms with Crippen LogP contribution in [-0.4, -0.2) is 46.9 Å². The van der Waals surface area contributed by atoms with Crippen LogP contribution in [0.1, 0.15) is 32.3 Å². The van der Waals surface area contributed by atoms with Crippen molar-refractivity contribution < 1.29 is 19.5 Å². The molecule has 0 saturated heterocycles. The molecule has 0 spiro atoms. The summed E-state index contributed by atoms with van der Waals surface area (Å²) in [6, 6.07) is 5.91. The third kappa shape index (κ3) is 5.56. The first-order valence-electron chi connectivity index (χ1n) is 7.27. The van der Waals surface area contributed by atoms with Crippen LogP contribution in [0.5, 0.6) is 0 Å². The van der Waals surface area contributed by atoms with Crippen LogP contribution in [0.2, 0.25) is 5.02 Å². The Morgan fingerprint density at radius 2 is 1.96 bits per heavy atom. The highest BCUT2D eigenvalue weighted by Gasteiger charge is 2.29. The Labute approximate surface area is 140 Å². The lowest BCUT2D eigenvalue weighted by Gasteiger charge is -2.29. The number of amides is 2. The smallest absolute Gasteiger partial charge is 0.326 e. The Bertz CT molecular complexity index is 591. The van der Waals surface area contributed by atoms with Gasteiger partial charge in [0, 0.05) is 25.0 Å². The molecule has 0 aliphatic heterocycles. The number of carboxylic acids is 1. The molecule has 2 amide bonds. The van der Waals surface area contributed by atoms with E-state index < -0.39 is 17.9 Å². The molecule has 0 bridgehead atoms. The highest BCUT2D eigenvalue weighted by molar-refractivity contribution is 6.30. The van der Waals surface area contributed by atoms with Crippen molar-refractivity contribution in [3.63, 3.8) is 0 Å². The van der Waals surface area contributed by atoms with Gasteiger partial charge >= 0.3 is 5.97 Å². The van der Waals surface area contributed by atoms with E-state index in [1.807, 2.05) is 0 Å². The van der Waals surface area contributed by atoms with E-state index in [1.54, 1.807) is 31.2 Å². The summed E-state index contributed by atoms with van der Waals surface area (Å²) in [4.78, 5) is 36.1. The summed E-state index contributed by atoms with van der Waals surface area (Å²) in [6.07, 6.45) is 0. The second-order valence-corrected chi connectivity index (χ2v) is 5.74. The predicted octanol–water partition coefficient (Wildman–Crippen LogP) is 1.88. The fraction of sp³-hybridized carbons (Fsp3) is 0.438. The molecule has 0 aliphatic rings. The zero-order valence-electron chi connectivity index (χ0n) is 13.4. The average Bonchev–Trinajstić information content (AvgIpc) is 2.49. The Morgan fingerprint density at radius 3 is 2.48 bits per heavy atom. The molecule has 0 aromatic heterocycles. The van der Waals surface area contributed by atoms with E-state index in [0.29, 0.717) is 10.6 Å². The molecule has 0 fully saturated rings. The second-order valence-electron chi connectivity index (χ2n) is 5.31. The van der Waals surface area contributed by atoms with E-state index in [1.165, 1.54) is 18.7 Å². The lowest BCUT2D eigenvalue weighted by molar-refractivity contribution is -0.149. The van der Waals surface area contributed by atoms with E-state index in [0.717, 1.165) is 0 Å². The van der Waals surface area contributed by atoms with Gasteiger partial charge in [-0.3, -0.25) is 9.59 Å². The zero-order valence-corrected chi connectivity index (χ0v) is 14.1. The van der Waals surface area contributed by atoms with Crippen LogP contribution in [0.25, 0.3) is 0 Å². The van der Waals surface area contributed by atoms with E-state index in [-0.39, 0.29) is 24.9 Å². The molecule has 126 valence electrons. The maximum Gasteiger partial charge on any atom is 0.326 e. The Hall–Kier alpha value is -2.08. The van der Waals surface area contributed by atoms with Gasteiger partial charge in [0.2, 0.25) is 11.8 Å². The van der Waals surface area contributed by atoms with Crippen molar-refractivity contribution in [1.29, 1.82) is 0 Å². The molecule has 7 heteroatoms. The molecule has 0 radical (unpaired) electrons. The lowest BCUT2D eigenvalue weighted by Crippen LogP contribution is -2.48. The van der Waals surface area contributed by atoms with Crippen LogP contribution < -0.4 is 5.32 Å². The molecule has 2 unspecified atom stereocenters. The van der Waals surface area contributed by atoms with Gasteiger partial charge in [0.15, 0.2) is 0 Å². The molecule has 0 saturated carbocycles. The second kappa shape index (κ2) is 8.53. The minimum absolute atomic E-state index is 0.122. The van der Waals surface area contributed by atoms with Crippen molar-refractivity contribution in [3.8, 4) is 0 Å². The van der Waals surface area contributed by atoms with E-state index in [4.69, 9.17) is 11.6 Å². The fourth-order valence-electron chi connectivity index (χ4n) is 2.15. The number of carboxylic acid groups (broad SMARTS) is 1. The number of carbonyl (C=O) groups is 3. The van der Waals surface area contributed by atoms with Crippen LogP contribution in [0, 0.1) is 0 Å². The zero-order chi connectivity index (χ0) is 17.6. The van der Waals surface area contributed by atoms with Gasteiger partial charge in [-0.15, -0.1) is 0 Å². The van der Waals surface area contributed by atoms with Crippen LogP contribution >= 0.6 is 11.6 Å². The molecule has 2 N–H and O–H groups in total. The van der Waals surface area contributed by atoms with E-state index in [9.17, 15) is 19.5 Å². The lowest BCUT2D eigenvalue weighted by atomic mass is 9.99. The molecule has 2 atom stereocenters. The summed E-state index contributed by atoms with van der Waals surface area (Å²) < 4.78 is 0. The monoisotopic (exact) mass is 340 g/mol. The van der Waals surface area contributed by atoms with Crippen LogP contribution in [-0.2, 0) is 14.4 Å². The van der Waals surface area contributed by atoms with Gasteiger partial charge in [-0.25, -0.2) is 4.79 Å². The summed E-state index contributed by atoms with van der Waals surface area (Å²) in [6.45, 7) is 4.83. The molecule has 1 aromatic rings. The first-order valence-corrected chi connectivity index (χ1v) is 7.65. The molecule has 6 nitrogen and oxygen atoms in total. The topological polar surface area (TPSA) is 86.7 Å². The maximum atomic E-state index is 12.7. The quantitative estimate of drug-likeness (QED) is 0.793. The van der Waals surface area contributed by atoms with Crippen molar-refractivity contribution in [2.24, 2.45) is 0 Å². The van der Waals surface area contributed by atoms with Crippen LogP contribution in [0.15, 0.2) is 24.3 Å². The van der Waals surface area contributed by atoms with Gasteiger partial charge in [-0.2, -0.15) is 0 Å². The molecule has 0 aliphatic carbocycles. The molecule has 0 heterocycles. The van der Waals surface area contributed by atoms with Crippen molar-refractivity contribution >= 4 is 29.4 Å². The number of carbonyl (C=O) groups excluding carboxylic acids is 2. The van der Waals surface area contributed by atoms with Gasteiger partial charge in [0.05, 0.1) is 5.92 Å². The number of rotatable bonds is 7. The third-order valence-corrected chi connectivity index (χ3v) is 3.79. The predicted molar refractivity (Wildman–Crippen MR) is 87.4 cm³/mol. The highest BCUT2D eigenvalue weighted by Crippen LogP contribution is 2.22. The maximum absolute atomic E-state index is 12.7. The van der Waals surface area contributed by atoms with Crippen LogP contribution in [0.4, 0.5) is 0 Å². The SMILES string of the molecule is CC(=O)NCCN(C(=O)C(C)c1cccc(Cl)c1)C(C)C(=O)O. The first-order chi connectivity index (χ1) is 10.7. The normalized spacial score (nSPS) is 13.0. The first kappa shape index (κ1) is 19.0. The number of hydrogen-bond acceptors (Lipinski definition) is 3. The van der Waals surface area contributed by atoms with Gasteiger partial charge in [-0.05, 0) is 31.5 Å². The number of benzene rings is 1. The summed E-state index contributed by atoms with van der Waals surface area (Å²) in [7, 11) is 0. The van der Waals surface area contributed by atoms with Gasteiger partial charge in [0.1, 0.15) is 6.04 Å². The Balaban J connectivity index is 2.92. The summed E-state index contributed by atoms with van der Waals surface area (Å²) >= 11 is 5.94. The van der Waals surface area contributed by atoms with Crippen molar-refractivity contribution in [2.45, 2.75) is 32.7 Å². The minimum atomic E-state index is -1.10. The Morgan fingerprint density at radius 1 is 1.30 bits per heavy atom. The fourth-order valence-corrected chi connectivity index (χ4v) is 2.35. The summed E-state index contributed by atoms with van der Waals surface area (Å²) in [5.41, 5.74) is 0.713. The molecule has 1 rings (SSSR count). The third-order valence-electron chi connectivity index (χ3n) is 3.55. The van der Waals surface area contributed by atoms with Gasteiger partial charge in [0.25, 0.3) is 0 Å². The Kier molecular flexibility index (Phi) is 7.03. The van der Waals surface area contributed by atoms with Crippen LogP contribution in [0.3, 0.4) is 0 Å². The standard InChI is InChI=1S/C16H21ClN2O4/c1-10(13-5-4-6-14(17)9-13)15(21)19(11(2)16(22)23)8-7-18-12(3)20/h4-6,9-11H,7-8H2,1-3H3,(H,18,20)(H,22,23). The molecular weight excluding hydrogens is 320 g/mol. The number of nitrogens with zero attached hydrogens (tertiary/aromatic N) is 1. The minimum Gasteiger partial charge on any atom is -0.480 e. The van der Waals surface area contributed by atoms with E-state index >= 15 is 0 Å². The van der Waals surface area contributed by atoms with Crippen molar-refractivity contribution in [2.75, 3.05) is 13.1 Å². The van der Waals surface area contributed by atoms with Crippen molar-refractivity contribution in [3.05, 3.63) is 34.9 Å². The van der Waals surface area contributed by atoms with Gasteiger partial charge < -0.3 is 15.3 Å². The highest BCUT2D eigenvalue weighted by atomic mass is 35.5. The summed E-state index contributed by atoms with van der Waals surface area (Å²) in [5, 5.41) is 12.3. The molecular formula is C16H21ClN2O4. The number of hydrogen-bond donors (Lipinski definition) is 2.